The third-order valence-corrected chi connectivity index (χ3v) is 3.10. The molecule has 100 valence electrons. The van der Waals surface area contributed by atoms with Gasteiger partial charge in [0.1, 0.15) is 11.6 Å². The van der Waals surface area contributed by atoms with Crippen molar-refractivity contribution in [2.24, 2.45) is 5.84 Å². The summed E-state index contributed by atoms with van der Waals surface area (Å²) in [5.74, 6) is 4.13. The molecule has 0 aromatic carbocycles. The molecule has 0 aliphatic heterocycles. The zero-order chi connectivity index (χ0) is 13.3. The zero-order valence-electron chi connectivity index (χ0n) is 9.83. The molecule has 8 heteroatoms. The summed E-state index contributed by atoms with van der Waals surface area (Å²) in [5, 5.41) is 0. The molecule has 1 aliphatic rings. The summed E-state index contributed by atoms with van der Waals surface area (Å²) in [5.41, 5.74) is 2.13. The predicted molar refractivity (Wildman–Crippen MR) is 60.9 cm³/mol. The first kappa shape index (κ1) is 12.9. The maximum absolute atomic E-state index is 12.6. The van der Waals surface area contributed by atoms with Crippen LogP contribution in [0.25, 0.3) is 0 Å². The quantitative estimate of drug-likeness (QED) is 0.641. The molecule has 1 aliphatic carbocycles. The molecule has 0 amide bonds. The molecular weight excluding hydrogens is 247 g/mol. The molecule has 18 heavy (non-hydrogen) atoms. The van der Waals surface area contributed by atoms with Crippen LogP contribution in [0.15, 0.2) is 6.07 Å². The highest BCUT2D eigenvalue weighted by atomic mass is 19.4. The van der Waals surface area contributed by atoms with Gasteiger partial charge in [-0.15, -0.1) is 0 Å². The largest absolute Gasteiger partial charge is 0.451 e. The molecule has 1 heterocycles. The second kappa shape index (κ2) is 4.60. The second-order valence-corrected chi connectivity index (χ2v) is 4.27. The van der Waals surface area contributed by atoms with E-state index in [2.05, 4.69) is 15.4 Å². The lowest BCUT2D eigenvalue weighted by molar-refractivity contribution is -0.144. The lowest BCUT2D eigenvalue weighted by atomic mass is 9.92. The van der Waals surface area contributed by atoms with Crippen LogP contribution in [-0.4, -0.2) is 23.1 Å². The number of alkyl halides is 3. The molecule has 0 radical (unpaired) electrons. The fourth-order valence-corrected chi connectivity index (χ4v) is 1.78. The van der Waals surface area contributed by atoms with Gasteiger partial charge in [-0.2, -0.15) is 13.2 Å². The molecule has 1 fully saturated rings. The normalized spacial score (nSPS) is 16.3. The van der Waals surface area contributed by atoms with Gasteiger partial charge in [-0.25, -0.2) is 15.8 Å². The van der Waals surface area contributed by atoms with E-state index < -0.39 is 12.0 Å². The predicted octanol–water partition coefficient (Wildman–Crippen LogP) is 1.77. The Labute approximate surface area is 102 Å². The Morgan fingerprint density at radius 1 is 1.39 bits per heavy atom. The highest BCUT2D eigenvalue weighted by Crippen LogP contribution is 2.31. The van der Waals surface area contributed by atoms with E-state index in [-0.39, 0.29) is 17.7 Å². The van der Waals surface area contributed by atoms with E-state index in [1.807, 2.05) is 0 Å². The van der Waals surface area contributed by atoms with Crippen molar-refractivity contribution in [1.29, 1.82) is 0 Å². The van der Waals surface area contributed by atoms with Crippen molar-refractivity contribution in [3.63, 3.8) is 0 Å². The van der Waals surface area contributed by atoms with Gasteiger partial charge in [0.05, 0.1) is 0 Å². The van der Waals surface area contributed by atoms with E-state index in [9.17, 15) is 13.2 Å². The summed E-state index contributed by atoms with van der Waals surface area (Å²) in [6.45, 7) is 0. The van der Waals surface area contributed by atoms with E-state index in [1.165, 1.54) is 6.07 Å². The Kier molecular flexibility index (Phi) is 3.29. The number of halogens is 3. The van der Waals surface area contributed by atoms with Gasteiger partial charge in [0, 0.05) is 19.2 Å². The van der Waals surface area contributed by atoms with Crippen LogP contribution in [0.2, 0.25) is 0 Å². The van der Waals surface area contributed by atoms with Crippen molar-refractivity contribution in [3.8, 4) is 0 Å². The second-order valence-electron chi connectivity index (χ2n) is 4.27. The maximum atomic E-state index is 12.6. The summed E-state index contributed by atoms with van der Waals surface area (Å²) in [4.78, 5) is 8.60. The average molecular weight is 261 g/mol. The van der Waals surface area contributed by atoms with Gasteiger partial charge in [0.25, 0.3) is 0 Å². The Hall–Kier alpha value is -1.57. The lowest BCUT2D eigenvalue weighted by Gasteiger charge is -2.35. The van der Waals surface area contributed by atoms with Crippen molar-refractivity contribution < 1.29 is 13.2 Å². The monoisotopic (exact) mass is 261 g/mol. The van der Waals surface area contributed by atoms with E-state index >= 15 is 0 Å². The minimum atomic E-state index is -4.58. The third-order valence-electron chi connectivity index (χ3n) is 3.10. The van der Waals surface area contributed by atoms with E-state index in [0.29, 0.717) is 0 Å². The highest BCUT2D eigenvalue weighted by molar-refractivity contribution is 5.49. The molecule has 0 unspecified atom stereocenters. The standard InChI is InChI=1S/C10H14F3N5/c1-18(6-3-2-4-6)8-5-7(17-14)15-9(16-8)10(11,12)13/h5-6H,2-4,14H2,1H3,(H,15,16,17). The van der Waals surface area contributed by atoms with Crippen LogP contribution in [0.5, 0.6) is 0 Å². The smallest absolute Gasteiger partial charge is 0.357 e. The third kappa shape index (κ3) is 2.47. The molecule has 0 spiro atoms. The van der Waals surface area contributed by atoms with Crippen molar-refractivity contribution in [2.75, 3.05) is 17.4 Å². The van der Waals surface area contributed by atoms with Gasteiger partial charge in [-0.3, -0.25) is 0 Å². The van der Waals surface area contributed by atoms with Crippen LogP contribution in [0, 0.1) is 0 Å². The van der Waals surface area contributed by atoms with E-state index in [1.54, 1.807) is 11.9 Å². The first-order valence-corrected chi connectivity index (χ1v) is 5.57. The van der Waals surface area contributed by atoms with Crippen molar-refractivity contribution in [1.82, 2.24) is 9.97 Å². The van der Waals surface area contributed by atoms with Gasteiger partial charge >= 0.3 is 6.18 Å². The first-order chi connectivity index (χ1) is 8.41. The number of hydrogen-bond acceptors (Lipinski definition) is 5. The minimum Gasteiger partial charge on any atom is -0.357 e. The SMILES string of the molecule is CN(c1cc(NN)nc(C(F)(F)F)n1)C1CCC1. The number of anilines is 2. The maximum Gasteiger partial charge on any atom is 0.451 e. The summed E-state index contributed by atoms with van der Waals surface area (Å²) in [6, 6.07) is 1.65. The topological polar surface area (TPSA) is 67.1 Å². The molecule has 0 atom stereocenters. The minimum absolute atomic E-state index is 0.0431. The van der Waals surface area contributed by atoms with Gasteiger partial charge in [0.15, 0.2) is 0 Å². The number of nitrogens with zero attached hydrogens (tertiary/aromatic N) is 3. The zero-order valence-corrected chi connectivity index (χ0v) is 9.83. The van der Waals surface area contributed by atoms with Gasteiger partial charge in [0.2, 0.25) is 5.82 Å². The summed E-state index contributed by atoms with van der Waals surface area (Å²) < 4.78 is 37.9. The van der Waals surface area contributed by atoms with Crippen LogP contribution in [0.4, 0.5) is 24.8 Å². The van der Waals surface area contributed by atoms with Crippen molar-refractivity contribution in [3.05, 3.63) is 11.9 Å². The number of aromatic nitrogens is 2. The van der Waals surface area contributed by atoms with Crippen LogP contribution in [-0.2, 0) is 6.18 Å². The molecule has 0 bridgehead atoms. The van der Waals surface area contributed by atoms with Gasteiger partial charge in [-0.1, -0.05) is 0 Å². The number of hydrazine groups is 1. The Morgan fingerprint density at radius 3 is 2.50 bits per heavy atom. The fourth-order valence-electron chi connectivity index (χ4n) is 1.78. The molecule has 1 aromatic rings. The Balaban J connectivity index is 2.34. The molecule has 1 aromatic heterocycles. The van der Waals surface area contributed by atoms with Crippen LogP contribution in [0.1, 0.15) is 25.1 Å². The number of nitrogen functional groups attached to an aromatic ring is 1. The van der Waals surface area contributed by atoms with Gasteiger partial charge in [-0.05, 0) is 19.3 Å². The summed E-state index contributed by atoms with van der Waals surface area (Å²) in [7, 11) is 1.73. The highest BCUT2D eigenvalue weighted by Gasteiger charge is 2.36. The molecular formula is C10H14F3N5. The average Bonchev–Trinajstić information content (AvgIpc) is 2.24. The molecule has 1 saturated carbocycles. The van der Waals surface area contributed by atoms with Crippen molar-refractivity contribution >= 4 is 11.6 Å². The molecule has 3 N–H and O–H groups in total. The van der Waals surface area contributed by atoms with Crippen LogP contribution < -0.4 is 16.2 Å². The van der Waals surface area contributed by atoms with Crippen LogP contribution in [0.3, 0.4) is 0 Å². The molecule has 0 saturated heterocycles. The summed E-state index contributed by atoms with van der Waals surface area (Å²) in [6.07, 6.45) is -1.56. The van der Waals surface area contributed by atoms with E-state index in [4.69, 9.17) is 5.84 Å². The molecule has 2 rings (SSSR count). The van der Waals surface area contributed by atoms with E-state index in [0.717, 1.165) is 19.3 Å². The van der Waals surface area contributed by atoms with Crippen molar-refractivity contribution in [2.45, 2.75) is 31.5 Å². The Morgan fingerprint density at radius 2 is 2.06 bits per heavy atom. The van der Waals surface area contributed by atoms with Crippen LogP contribution >= 0.6 is 0 Å². The van der Waals surface area contributed by atoms with Gasteiger partial charge < -0.3 is 10.3 Å². The Bertz CT molecular complexity index is 430. The number of nitrogens with two attached hydrogens (primary N) is 1. The number of hydrogen-bond donors (Lipinski definition) is 2. The fraction of sp³-hybridized carbons (Fsp3) is 0.600. The summed E-state index contributed by atoms with van der Waals surface area (Å²) >= 11 is 0. The lowest BCUT2D eigenvalue weighted by Crippen LogP contribution is -2.38. The number of rotatable bonds is 3. The first-order valence-electron chi connectivity index (χ1n) is 5.57. The number of nitrogens with one attached hydrogen (secondary N) is 1. The molecule has 5 nitrogen and oxygen atoms in total.